The Morgan fingerprint density at radius 1 is 1.67 bits per heavy atom. The van der Waals surface area contributed by atoms with Gasteiger partial charge in [0.1, 0.15) is 6.04 Å². The number of rotatable bonds is 4. The Labute approximate surface area is 51.6 Å². The maximum Gasteiger partial charge on any atom is 0.238 e. The molecular weight excluding hydrogens is 126 g/mol. The Bertz CT molecular complexity index is 96.3. The molecule has 1 unspecified atom stereocenters. The van der Waals surface area contributed by atoms with E-state index in [-0.39, 0.29) is 6.54 Å². The first-order valence-electron chi connectivity index (χ1n) is 2.28. The van der Waals surface area contributed by atoms with Crippen LogP contribution in [0.3, 0.4) is 0 Å². The number of carbonyl (C=O) groups excluding carboxylic acids is 1. The van der Waals surface area contributed by atoms with Gasteiger partial charge in [-0.25, -0.2) is 5.48 Å². The van der Waals surface area contributed by atoms with Crippen LogP contribution in [0.4, 0.5) is 0 Å². The van der Waals surface area contributed by atoms with Crippen molar-refractivity contribution in [1.82, 2.24) is 11.0 Å². The van der Waals surface area contributed by atoms with Crippen molar-refractivity contribution in [2.24, 2.45) is 5.73 Å². The molecule has 0 aromatic heterocycles. The van der Waals surface area contributed by atoms with Gasteiger partial charge in [-0.3, -0.25) is 4.79 Å². The van der Waals surface area contributed by atoms with E-state index in [4.69, 9.17) is 16.1 Å². The molecule has 0 heterocycles. The van der Waals surface area contributed by atoms with Gasteiger partial charge >= 0.3 is 0 Å². The van der Waals surface area contributed by atoms with Crippen LogP contribution in [0.2, 0.25) is 0 Å². The highest BCUT2D eigenvalue weighted by Gasteiger charge is 2.11. The minimum Gasteiger partial charge on any atom is -0.368 e. The van der Waals surface area contributed by atoms with Crippen molar-refractivity contribution in [3.05, 3.63) is 0 Å². The third kappa shape index (κ3) is 2.98. The topological polar surface area (TPSA) is 108 Å². The van der Waals surface area contributed by atoms with Gasteiger partial charge in [-0.1, -0.05) is 0 Å². The van der Waals surface area contributed by atoms with Crippen LogP contribution >= 0.6 is 0 Å². The van der Waals surface area contributed by atoms with Gasteiger partial charge in [0.25, 0.3) is 0 Å². The van der Waals surface area contributed by atoms with E-state index in [1.807, 2.05) is 0 Å². The summed E-state index contributed by atoms with van der Waals surface area (Å²) in [4.78, 5) is 10.2. The molecule has 0 aliphatic rings. The molecule has 0 spiro atoms. The molecular formula is C3H9N3O3. The Kier molecular flexibility index (Phi) is 3.89. The van der Waals surface area contributed by atoms with E-state index in [2.05, 4.69) is 0 Å². The van der Waals surface area contributed by atoms with Gasteiger partial charge in [0, 0.05) is 6.54 Å². The second-order valence-corrected chi connectivity index (χ2v) is 1.45. The van der Waals surface area contributed by atoms with Crippen molar-refractivity contribution in [2.45, 2.75) is 6.04 Å². The summed E-state index contributed by atoms with van der Waals surface area (Å²) < 4.78 is 0. The standard InChI is InChI=1S/C3H9N3O3/c4-3(7)2(6-9)1-5-8/h2,5-6,8-9H,1H2,(H2,4,7). The SMILES string of the molecule is NC(=O)C(CNO)NO. The predicted molar refractivity (Wildman–Crippen MR) is 27.7 cm³/mol. The Hall–Kier alpha value is -0.690. The second-order valence-electron chi connectivity index (χ2n) is 1.45. The van der Waals surface area contributed by atoms with Crippen molar-refractivity contribution in [1.29, 1.82) is 0 Å². The van der Waals surface area contributed by atoms with Crippen LogP contribution in [0.1, 0.15) is 0 Å². The van der Waals surface area contributed by atoms with E-state index in [9.17, 15) is 4.79 Å². The first-order valence-corrected chi connectivity index (χ1v) is 2.28. The first-order chi connectivity index (χ1) is 4.22. The number of nitrogens with two attached hydrogens (primary N) is 1. The van der Waals surface area contributed by atoms with Gasteiger partial charge < -0.3 is 16.1 Å². The molecule has 6 N–H and O–H groups in total. The van der Waals surface area contributed by atoms with Crippen LogP contribution in [-0.2, 0) is 4.79 Å². The number of amides is 1. The van der Waals surface area contributed by atoms with Crippen molar-refractivity contribution < 1.29 is 15.2 Å². The van der Waals surface area contributed by atoms with Crippen LogP contribution in [0.5, 0.6) is 0 Å². The van der Waals surface area contributed by atoms with Crippen molar-refractivity contribution in [2.75, 3.05) is 6.54 Å². The van der Waals surface area contributed by atoms with E-state index in [1.165, 1.54) is 0 Å². The quantitative estimate of drug-likeness (QED) is 0.281. The molecule has 9 heavy (non-hydrogen) atoms. The molecule has 0 saturated heterocycles. The summed E-state index contributed by atoms with van der Waals surface area (Å²) in [7, 11) is 0. The number of hydroxylamine groups is 2. The fourth-order valence-corrected chi connectivity index (χ4v) is 0.301. The third-order valence-electron chi connectivity index (χ3n) is 0.795. The van der Waals surface area contributed by atoms with E-state index < -0.39 is 11.9 Å². The van der Waals surface area contributed by atoms with E-state index in [0.717, 1.165) is 0 Å². The molecule has 0 radical (unpaired) electrons. The molecule has 6 heteroatoms. The molecule has 54 valence electrons. The average Bonchev–Trinajstić information content (AvgIpc) is 1.82. The third-order valence-corrected chi connectivity index (χ3v) is 0.795. The average molecular weight is 135 g/mol. The largest absolute Gasteiger partial charge is 0.368 e. The molecule has 0 aromatic rings. The summed E-state index contributed by atoms with van der Waals surface area (Å²) in [6.45, 7) is -0.119. The smallest absolute Gasteiger partial charge is 0.238 e. The van der Waals surface area contributed by atoms with E-state index in [1.54, 1.807) is 11.0 Å². The summed E-state index contributed by atoms with van der Waals surface area (Å²) in [5.41, 5.74) is 8.00. The van der Waals surface area contributed by atoms with E-state index in [0.29, 0.717) is 0 Å². The Balaban J connectivity index is 3.54. The monoisotopic (exact) mass is 135 g/mol. The number of hydrogen-bond acceptors (Lipinski definition) is 5. The van der Waals surface area contributed by atoms with Gasteiger partial charge in [0.2, 0.25) is 5.91 Å². The molecule has 0 fully saturated rings. The lowest BCUT2D eigenvalue weighted by Crippen LogP contribution is -2.45. The van der Waals surface area contributed by atoms with Crippen molar-refractivity contribution >= 4 is 5.91 Å². The summed E-state index contributed by atoms with van der Waals surface area (Å²) in [6, 6.07) is -0.949. The fourth-order valence-electron chi connectivity index (χ4n) is 0.301. The zero-order valence-corrected chi connectivity index (χ0v) is 4.66. The molecule has 0 saturated carbocycles. The van der Waals surface area contributed by atoms with Crippen LogP contribution in [0, 0.1) is 0 Å². The molecule has 0 aliphatic heterocycles. The van der Waals surface area contributed by atoms with Gasteiger partial charge in [-0.05, 0) is 0 Å². The minimum absolute atomic E-state index is 0.119. The lowest BCUT2D eigenvalue weighted by atomic mass is 10.3. The molecule has 0 aromatic carbocycles. The minimum atomic E-state index is -0.949. The van der Waals surface area contributed by atoms with Gasteiger partial charge in [0.15, 0.2) is 0 Å². The number of hydrogen-bond donors (Lipinski definition) is 5. The van der Waals surface area contributed by atoms with Gasteiger partial charge in [-0.2, -0.15) is 5.48 Å². The van der Waals surface area contributed by atoms with Crippen molar-refractivity contribution in [3.63, 3.8) is 0 Å². The molecule has 0 aliphatic carbocycles. The first kappa shape index (κ1) is 8.31. The Morgan fingerprint density at radius 2 is 2.22 bits per heavy atom. The zero-order chi connectivity index (χ0) is 7.28. The number of nitrogens with one attached hydrogen (secondary N) is 2. The summed E-state index contributed by atoms with van der Waals surface area (Å²) in [6.07, 6.45) is 0. The maximum atomic E-state index is 10.2. The highest BCUT2D eigenvalue weighted by atomic mass is 16.5. The van der Waals surface area contributed by atoms with Crippen molar-refractivity contribution in [3.8, 4) is 0 Å². The summed E-state index contributed by atoms with van der Waals surface area (Å²) >= 11 is 0. The highest BCUT2D eigenvalue weighted by molar-refractivity contribution is 5.79. The molecule has 0 rings (SSSR count). The van der Waals surface area contributed by atoms with Crippen LogP contribution in [0.25, 0.3) is 0 Å². The predicted octanol–water partition coefficient (Wildman–Crippen LogP) is -2.20. The second kappa shape index (κ2) is 4.21. The summed E-state index contributed by atoms with van der Waals surface area (Å²) in [5.74, 6) is -0.737. The van der Waals surface area contributed by atoms with Gasteiger partial charge in [0.05, 0.1) is 0 Å². The molecule has 1 amide bonds. The van der Waals surface area contributed by atoms with Crippen LogP contribution < -0.4 is 16.7 Å². The number of carbonyl (C=O) groups is 1. The van der Waals surface area contributed by atoms with E-state index >= 15 is 0 Å². The lowest BCUT2D eigenvalue weighted by Gasteiger charge is -2.07. The Morgan fingerprint density at radius 3 is 2.33 bits per heavy atom. The zero-order valence-electron chi connectivity index (χ0n) is 4.66. The molecule has 1 atom stereocenters. The number of primary amides is 1. The maximum absolute atomic E-state index is 10.2. The normalized spacial score (nSPS) is 13.1. The molecule has 0 bridgehead atoms. The fraction of sp³-hybridized carbons (Fsp3) is 0.667. The van der Waals surface area contributed by atoms with Crippen LogP contribution in [-0.4, -0.2) is 28.9 Å². The highest BCUT2D eigenvalue weighted by Crippen LogP contribution is 1.74. The van der Waals surface area contributed by atoms with Crippen LogP contribution in [0.15, 0.2) is 0 Å². The molecule has 6 nitrogen and oxygen atoms in total. The van der Waals surface area contributed by atoms with Gasteiger partial charge in [-0.15, -0.1) is 0 Å². The lowest BCUT2D eigenvalue weighted by molar-refractivity contribution is -0.123. The summed E-state index contributed by atoms with van der Waals surface area (Å²) in [5, 5.41) is 16.1.